The minimum atomic E-state index is -0.881. The maximum atomic E-state index is 12.6. The molecular weight excluding hydrogens is 346 g/mol. The van der Waals surface area contributed by atoms with E-state index in [1.165, 1.54) is 0 Å². The van der Waals surface area contributed by atoms with Crippen molar-refractivity contribution in [2.24, 2.45) is 0 Å². The molecule has 0 bridgehead atoms. The Bertz CT molecular complexity index is 738. The maximum absolute atomic E-state index is 12.6. The number of carboxylic acids is 1. The van der Waals surface area contributed by atoms with Crippen LogP contribution >= 0.6 is 0 Å². The molecular formula is C21H25NO5. The molecule has 1 unspecified atom stereocenters. The fourth-order valence-corrected chi connectivity index (χ4v) is 2.96. The number of carbonyl (C=O) groups excluding carboxylic acids is 1. The van der Waals surface area contributed by atoms with Gasteiger partial charge in [0.2, 0.25) is 5.91 Å². The van der Waals surface area contributed by atoms with Crippen molar-refractivity contribution in [3.8, 4) is 11.5 Å². The van der Waals surface area contributed by atoms with E-state index in [0.29, 0.717) is 29.9 Å². The number of carbonyl (C=O) groups is 2. The zero-order valence-corrected chi connectivity index (χ0v) is 15.6. The SMILES string of the molecule is COc1cccc(OC)c1CC(=O)NC(CCC(=O)O)Cc1ccccc1. The summed E-state index contributed by atoms with van der Waals surface area (Å²) < 4.78 is 10.7. The minimum absolute atomic E-state index is 0.00421. The molecule has 0 aromatic heterocycles. The quantitative estimate of drug-likeness (QED) is 0.671. The van der Waals surface area contributed by atoms with Crippen LogP contribution in [0.1, 0.15) is 24.0 Å². The summed E-state index contributed by atoms with van der Waals surface area (Å²) in [4.78, 5) is 23.6. The van der Waals surface area contributed by atoms with Crippen LogP contribution in [-0.4, -0.2) is 37.2 Å². The lowest BCUT2D eigenvalue weighted by Gasteiger charge is -2.19. The summed E-state index contributed by atoms with van der Waals surface area (Å²) in [7, 11) is 3.09. The highest BCUT2D eigenvalue weighted by Gasteiger charge is 2.18. The Hall–Kier alpha value is -3.02. The Morgan fingerprint density at radius 3 is 2.19 bits per heavy atom. The van der Waals surface area contributed by atoms with Crippen LogP contribution in [0.5, 0.6) is 11.5 Å². The first-order chi connectivity index (χ1) is 13.0. The maximum Gasteiger partial charge on any atom is 0.303 e. The fourth-order valence-electron chi connectivity index (χ4n) is 2.96. The fraction of sp³-hybridized carbons (Fsp3) is 0.333. The van der Waals surface area contributed by atoms with Gasteiger partial charge in [-0.1, -0.05) is 36.4 Å². The van der Waals surface area contributed by atoms with Gasteiger partial charge >= 0.3 is 5.97 Å². The Balaban J connectivity index is 2.10. The summed E-state index contributed by atoms with van der Waals surface area (Å²) in [6.45, 7) is 0. The molecule has 0 heterocycles. The highest BCUT2D eigenvalue weighted by molar-refractivity contribution is 5.80. The molecule has 2 aromatic rings. The summed E-state index contributed by atoms with van der Waals surface area (Å²) in [5.74, 6) is 0.0714. The van der Waals surface area contributed by atoms with E-state index in [2.05, 4.69) is 5.32 Å². The van der Waals surface area contributed by atoms with E-state index >= 15 is 0 Å². The van der Waals surface area contributed by atoms with E-state index in [4.69, 9.17) is 14.6 Å². The zero-order chi connectivity index (χ0) is 19.6. The molecule has 0 spiro atoms. The van der Waals surface area contributed by atoms with Crippen molar-refractivity contribution in [3.05, 3.63) is 59.7 Å². The van der Waals surface area contributed by atoms with Crippen LogP contribution in [0.25, 0.3) is 0 Å². The number of amides is 1. The molecule has 6 heteroatoms. The Labute approximate surface area is 159 Å². The molecule has 1 amide bonds. The number of hydrogen-bond acceptors (Lipinski definition) is 4. The van der Waals surface area contributed by atoms with Gasteiger partial charge in [0.1, 0.15) is 11.5 Å². The van der Waals surface area contributed by atoms with Crippen molar-refractivity contribution in [2.75, 3.05) is 14.2 Å². The summed E-state index contributed by atoms with van der Waals surface area (Å²) >= 11 is 0. The van der Waals surface area contributed by atoms with Gasteiger partial charge < -0.3 is 19.9 Å². The smallest absolute Gasteiger partial charge is 0.303 e. The number of benzene rings is 2. The molecule has 0 fully saturated rings. The number of carboxylic acid groups (broad SMARTS) is 1. The Morgan fingerprint density at radius 2 is 1.63 bits per heavy atom. The van der Waals surface area contributed by atoms with Gasteiger partial charge in [0, 0.05) is 18.0 Å². The van der Waals surface area contributed by atoms with Crippen LogP contribution in [-0.2, 0) is 22.4 Å². The van der Waals surface area contributed by atoms with E-state index in [1.807, 2.05) is 30.3 Å². The summed E-state index contributed by atoms with van der Waals surface area (Å²) in [6.07, 6.45) is 1.02. The van der Waals surface area contributed by atoms with Crippen molar-refractivity contribution in [3.63, 3.8) is 0 Å². The average molecular weight is 371 g/mol. The van der Waals surface area contributed by atoms with Crippen molar-refractivity contribution in [1.82, 2.24) is 5.32 Å². The van der Waals surface area contributed by atoms with Crippen molar-refractivity contribution in [2.45, 2.75) is 31.7 Å². The molecule has 0 aliphatic heterocycles. The topological polar surface area (TPSA) is 84.9 Å². The normalized spacial score (nSPS) is 11.5. The second-order valence-corrected chi connectivity index (χ2v) is 6.20. The predicted octanol–water partition coefficient (Wildman–Crippen LogP) is 2.84. The molecule has 0 saturated carbocycles. The Kier molecular flexibility index (Phi) is 7.67. The highest BCUT2D eigenvalue weighted by Crippen LogP contribution is 2.28. The van der Waals surface area contributed by atoms with Crippen LogP contribution in [0.3, 0.4) is 0 Å². The summed E-state index contributed by atoms with van der Waals surface area (Å²) in [6, 6.07) is 14.8. The number of aliphatic carboxylic acids is 1. The third kappa shape index (κ3) is 6.33. The van der Waals surface area contributed by atoms with Gasteiger partial charge in [-0.2, -0.15) is 0 Å². The molecule has 0 aliphatic carbocycles. The van der Waals surface area contributed by atoms with E-state index in [0.717, 1.165) is 5.56 Å². The first kappa shape index (κ1) is 20.3. The van der Waals surface area contributed by atoms with E-state index in [-0.39, 0.29) is 24.8 Å². The van der Waals surface area contributed by atoms with Crippen LogP contribution in [0.2, 0.25) is 0 Å². The van der Waals surface area contributed by atoms with Gasteiger partial charge in [0.25, 0.3) is 0 Å². The third-order valence-electron chi connectivity index (χ3n) is 4.26. The number of methoxy groups -OCH3 is 2. The Morgan fingerprint density at radius 1 is 1.00 bits per heavy atom. The second kappa shape index (κ2) is 10.2. The lowest BCUT2D eigenvalue weighted by atomic mass is 10.0. The molecule has 0 radical (unpaired) electrons. The van der Waals surface area contributed by atoms with Gasteiger partial charge in [-0.25, -0.2) is 0 Å². The van der Waals surface area contributed by atoms with Gasteiger partial charge in [-0.3, -0.25) is 9.59 Å². The van der Waals surface area contributed by atoms with E-state index in [1.54, 1.807) is 32.4 Å². The lowest BCUT2D eigenvalue weighted by molar-refractivity contribution is -0.137. The van der Waals surface area contributed by atoms with E-state index < -0.39 is 5.97 Å². The third-order valence-corrected chi connectivity index (χ3v) is 4.26. The molecule has 6 nitrogen and oxygen atoms in total. The first-order valence-electron chi connectivity index (χ1n) is 8.78. The van der Waals surface area contributed by atoms with Crippen molar-refractivity contribution >= 4 is 11.9 Å². The van der Waals surface area contributed by atoms with Crippen LogP contribution in [0, 0.1) is 0 Å². The number of nitrogens with one attached hydrogen (secondary N) is 1. The average Bonchev–Trinajstić information content (AvgIpc) is 2.67. The van der Waals surface area contributed by atoms with Gasteiger partial charge in [-0.15, -0.1) is 0 Å². The molecule has 27 heavy (non-hydrogen) atoms. The zero-order valence-electron chi connectivity index (χ0n) is 15.6. The van der Waals surface area contributed by atoms with Gasteiger partial charge in [0.05, 0.1) is 20.6 Å². The van der Waals surface area contributed by atoms with Crippen LogP contribution < -0.4 is 14.8 Å². The summed E-state index contributed by atoms with van der Waals surface area (Å²) in [5.41, 5.74) is 1.71. The van der Waals surface area contributed by atoms with Crippen LogP contribution in [0.15, 0.2) is 48.5 Å². The second-order valence-electron chi connectivity index (χ2n) is 6.20. The molecule has 2 N–H and O–H groups in total. The van der Waals surface area contributed by atoms with Crippen molar-refractivity contribution < 1.29 is 24.2 Å². The minimum Gasteiger partial charge on any atom is -0.496 e. The standard InChI is InChI=1S/C21H25NO5/c1-26-18-9-6-10-19(27-2)17(18)14-20(23)22-16(11-12-21(24)25)13-15-7-4-3-5-8-15/h3-10,16H,11-14H2,1-2H3,(H,22,23)(H,24,25). The molecule has 2 aromatic carbocycles. The monoisotopic (exact) mass is 371 g/mol. The molecule has 0 saturated heterocycles. The van der Waals surface area contributed by atoms with Gasteiger partial charge in [0.15, 0.2) is 0 Å². The predicted molar refractivity (Wildman–Crippen MR) is 102 cm³/mol. The van der Waals surface area contributed by atoms with Crippen molar-refractivity contribution in [1.29, 1.82) is 0 Å². The van der Waals surface area contributed by atoms with Gasteiger partial charge in [-0.05, 0) is 30.5 Å². The molecule has 144 valence electrons. The van der Waals surface area contributed by atoms with Crippen LogP contribution in [0.4, 0.5) is 0 Å². The number of rotatable bonds is 10. The highest BCUT2D eigenvalue weighted by atomic mass is 16.5. The number of ether oxygens (including phenoxy) is 2. The molecule has 2 rings (SSSR count). The largest absolute Gasteiger partial charge is 0.496 e. The number of hydrogen-bond donors (Lipinski definition) is 2. The lowest BCUT2D eigenvalue weighted by Crippen LogP contribution is -2.38. The summed E-state index contributed by atoms with van der Waals surface area (Å²) in [5, 5.41) is 11.9. The first-order valence-corrected chi connectivity index (χ1v) is 8.78. The molecule has 0 aliphatic rings. The van der Waals surface area contributed by atoms with E-state index in [9.17, 15) is 9.59 Å². The molecule has 1 atom stereocenters.